The number of halogens is 3. The fraction of sp³-hybridized carbons (Fsp3) is 0.400. The lowest BCUT2D eigenvalue weighted by atomic mass is 10.3. The van der Waals surface area contributed by atoms with E-state index in [-0.39, 0.29) is 28.3 Å². The zero-order valence-electron chi connectivity index (χ0n) is 9.61. The second-order valence-electron chi connectivity index (χ2n) is 4.20. The zero-order chi connectivity index (χ0) is 14.4. The van der Waals surface area contributed by atoms with Crippen LogP contribution in [0.25, 0.3) is 0 Å². The summed E-state index contributed by atoms with van der Waals surface area (Å²) in [4.78, 5) is -0.577. The first-order valence-corrected chi connectivity index (χ1v) is 7.97. The zero-order valence-corrected chi connectivity index (χ0v) is 12.8. The number of hydrogen-bond acceptors (Lipinski definition) is 4. The van der Waals surface area contributed by atoms with Crippen LogP contribution in [0.1, 0.15) is 6.42 Å². The molecule has 1 atom stereocenters. The first-order valence-electron chi connectivity index (χ1n) is 5.36. The van der Waals surface area contributed by atoms with Crippen LogP contribution in [0.5, 0.6) is 0 Å². The second-order valence-corrected chi connectivity index (χ2v) is 7.31. The standard InChI is InChI=1S/C10H11BrClFN2O3S/c11-8-6(12)3-7(9(13)10(8)14)19(17,18)15-2-1-5(16)4-15/h3,5,16H,1-2,4,14H2. The normalized spacial score (nSPS) is 20.9. The molecule has 106 valence electrons. The lowest BCUT2D eigenvalue weighted by molar-refractivity contribution is 0.189. The van der Waals surface area contributed by atoms with Gasteiger partial charge in [0.1, 0.15) is 4.90 Å². The third kappa shape index (κ3) is 2.59. The number of rotatable bonds is 2. The smallest absolute Gasteiger partial charge is 0.246 e. The Bertz CT molecular complexity index is 626. The molecule has 9 heteroatoms. The molecule has 1 unspecified atom stereocenters. The van der Waals surface area contributed by atoms with E-state index >= 15 is 0 Å². The maximum atomic E-state index is 14.0. The molecule has 0 saturated carbocycles. The van der Waals surface area contributed by atoms with E-state index in [1.165, 1.54) is 0 Å². The van der Waals surface area contributed by atoms with Gasteiger partial charge in [-0.15, -0.1) is 0 Å². The molecule has 0 bridgehead atoms. The Labute approximate surface area is 123 Å². The van der Waals surface area contributed by atoms with Crippen LogP contribution < -0.4 is 5.73 Å². The molecule has 0 radical (unpaired) electrons. The molecule has 19 heavy (non-hydrogen) atoms. The Morgan fingerprint density at radius 1 is 1.58 bits per heavy atom. The molecule has 1 aromatic rings. The summed E-state index contributed by atoms with van der Waals surface area (Å²) in [6.07, 6.45) is -0.415. The van der Waals surface area contributed by atoms with Gasteiger partial charge in [0.15, 0.2) is 5.82 Å². The number of nitrogens with zero attached hydrogens (tertiary/aromatic N) is 1. The molecular weight excluding hydrogens is 363 g/mol. The van der Waals surface area contributed by atoms with Crippen molar-refractivity contribution < 1.29 is 17.9 Å². The van der Waals surface area contributed by atoms with E-state index in [0.29, 0.717) is 6.42 Å². The van der Waals surface area contributed by atoms with Crippen molar-refractivity contribution in [3.63, 3.8) is 0 Å². The molecule has 0 aliphatic carbocycles. The molecule has 1 aliphatic rings. The molecule has 2 rings (SSSR count). The Morgan fingerprint density at radius 3 is 2.74 bits per heavy atom. The van der Waals surface area contributed by atoms with E-state index in [0.717, 1.165) is 10.4 Å². The number of aliphatic hydroxyl groups excluding tert-OH is 1. The van der Waals surface area contributed by atoms with Gasteiger partial charge in [-0.05, 0) is 28.4 Å². The number of aliphatic hydroxyl groups is 1. The predicted molar refractivity (Wildman–Crippen MR) is 72.9 cm³/mol. The van der Waals surface area contributed by atoms with Gasteiger partial charge in [0.2, 0.25) is 10.0 Å². The predicted octanol–water partition coefficient (Wildman–Crippen LogP) is 1.58. The van der Waals surface area contributed by atoms with E-state index in [1.54, 1.807) is 0 Å². The van der Waals surface area contributed by atoms with Crippen molar-refractivity contribution >= 4 is 43.2 Å². The highest BCUT2D eigenvalue weighted by Gasteiger charge is 2.34. The highest BCUT2D eigenvalue weighted by atomic mass is 79.9. The summed E-state index contributed by atoms with van der Waals surface area (Å²) in [7, 11) is -4.05. The summed E-state index contributed by atoms with van der Waals surface area (Å²) < 4.78 is 39.7. The van der Waals surface area contributed by atoms with Crippen molar-refractivity contribution in [2.75, 3.05) is 18.8 Å². The molecule has 1 aliphatic heterocycles. The van der Waals surface area contributed by atoms with Crippen LogP contribution in [-0.2, 0) is 10.0 Å². The van der Waals surface area contributed by atoms with Gasteiger partial charge in [0, 0.05) is 13.1 Å². The lowest BCUT2D eigenvalue weighted by Crippen LogP contribution is -2.30. The summed E-state index contributed by atoms with van der Waals surface area (Å²) in [5.74, 6) is -1.04. The van der Waals surface area contributed by atoms with Gasteiger partial charge >= 0.3 is 0 Å². The van der Waals surface area contributed by atoms with Gasteiger partial charge in [-0.3, -0.25) is 0 Å². The molecule has 5 nitrogen and oxygen atoms in total. The number of nitrogens with two attached hydrogens (primary N) is 1. The minimum Gasteiger partial charge on any atom is -0.395 e. The van der Waals surface area contributed by atoms with Crippen molar-refractivity contribution in [1.29, 1.82) is 0 Å². The van der Waals surface area contributed by atoms with Crippen LogP contribution in [0, 0.1) is 5.82 Å². The third-order valence-electron chi connectivity index (χ3n) is 2.90. The number of β-amino-alcohol motifs (C(OH)–C–C–N with tert-alkyl or cyclic N) is 1. The quantitative estimate of drug-likeness (QED) is 0.609. The molecule has 0 spiro atoms. The van der Waals surface area contributed by atoms with Crippen LogP contribution in [0.15, 0.2) is 15.4 Å². The number of nitrogen functional groups attached to an aromatic ring is 1. The number of benzene rings is 1. The summed E-state index contributed by atoms with van der Waals surface area (Å²) in [6, 6.07) is 1.01. The van der Waals surface area contributed by atoms with Crippen molar-refractivity contribution in [2.45, 2.75) is 17.4 Å². The van der Waals surface area contributed by atoms with Crippen molar-refractivity contribution in [1.82, 2.24) is 4.31 Å². The van der Waals surface area contributed by atoms with Crippen LogP contribution in [0.4, 0.5) is 10.1 Å². The van der Waals surface area contributed by atoms with Crippen LogP contribution in [0.2, 0.25) is 5.02 Å². The number of hydrogen-bond donors (Lipinski definition) is 2. The molecule has 1 fully saturated rings. The second kappa shape index (κ2) is 5.17. The van der Waals surface area contributed by atoms with Crippen LogP contribution in [-0.4, -0.2) is 37.0 Å². The first kappa shape index (κ1) is 15.0. The summed E-state index contributed by atoms with van der Waals surface area (Å²) >= 11 is 8.79. The minimum absolute atomic E-state index is 0.0113. The lowest BCUT2D eigenvalue weighted by Gasteiger charge is -2.17. The summed E-state index contributed by atoms with van der Waals surface area (Å²) in [5, 5.41) is 9.39. The molecule has 0 amide bonds. The van der Waals surface area contributed by atoms with E-state index in [9.17, 15) is 17.9 Å². The first-order chi connectivity index (χ1) is 8.75. The third-order valence-corrected chi connectivity index (χ3v) is 6.15. The average molecular weight is 374 g/mol. The van der Waals surface area contributed by atoms with Crippen LogP contribution >= 0.6 is 27.5 Å². The van der Waals surface area contributed by atoms with Gasteiger partial charge in [-0.2, -0.15) is 4.31 Å². The van der Waals surface area contributed by atoms with Crippen molar-refractivity contribution in [3.05, 3.63) is 21.4 Å². The fourth-order valence-electron chi connectivity index (χ4n) is 1.86. The van der Waals surface area contributed by atoms with Crippen molar-refractivity contribution in [3.8, 4) is 0 Å². The van der Waals surface area contributed by atoms with E-state index in [2.05, 4.69) is 15.9 Å². The topological polar surface area (TPSA) is 83.6 Å². The highest BCUT2D eigenvalue weighted by Crippen LogP contribution is 2.36. The van der Waals surface area contributed by atoms with Gasteiger partial charge < -0.3 is 10.8 Å². The number of sulfonamides is 1. The Kier molecular flexibility index (Phi) is 4.08. The number of anilines is 1. The van der Waals surface area contributed by atoms with Crippen LogP contribution in [0.3, 0.4) is 0 Å². The molecule has 1 heterocycles. The minimum atomic E-state index is -4.05. The Hall–Kier alpha value is -0.410. The van der Waals surface area contributed by atoms with Gasteiger partial charge in [0.25, 0.3) is 0 Å². The molecular formula is C10H11BrClFN2O3S. The fourth-order valence-corrected chi connectivity index (χ4v) is 4.01. The van der Waals surface area contributed by atoms with Gasteiger partial charge in [-0.1, -0.05) is 11.6 Å². The SMILES string of the molecule is Nc1c(F)c(S(=O)(=O)N2CCC(O)C2)cc(Cl)c1Br. The monoisotopic (exact) mass is 372 g/mol. The maximum Gasteiger partial charge on any atom is 0.246 e. The largest absolute Gasteiger partial charge is 0.395 e. The van der Waals surface area contributed by atoms with E-state index in [4.69, 9.17) is 17.3 Å². The molecule has 3 N–H and O–H groups in total. The Morgan fingerprint density at radius 2 is 2.21 bits per heavy atom. The van der Waals surface area contributed by atoms with E-state index < -0.39 is 26.8 Å². The maximum absolute atomic E-state index is 14.0. The van der Waals surface area contributed by atoms with Gasteiger partial charge in [0.05, 0.1) is 21.3 Å². The van der Waals surface area contributed by atoms with Crippen molar-refractivity contribution in [2.24, 2.45) is 0 Å². The summed E-state index contributed by atoms with van der Waals surface area (Å²) in [5.41, 5.74) is 5.11. The Balaban J connectivity index is 2.53. The molecule has 0 aromatic heterocycles. The molecule has 1 aromatic carbocycles. The summed E-state index contributed by atoms with van der Waals surface area (Å²) in [6.45, 7) is 0.0753. The molecule has 1 saturated heterocycles. The highest BCUT2D eigenvalue weighted by molar-refractivity contribution is 9.10. The average Bonchev–Trinajstić information content (AvgIpc) is 2.78. The van der Waals surface area contributed by atoms with E-state index in [1.807, 2.05) is 0 Å². The van der Waals surface area contributed by atoms with Gasteiger partial charge in [-0.25, -0.2) is 12.8 Å².